The molecule has 92 valence electrons. The normalized spacial score (nSPS) is 14.9. The van der Waals surface area contributed by atoms with Crippen molar-refractivity contribution in [1.82, 2.24) is 4.98 Å². The first kappa shape index (κ1) is 11.6. The lowest BCUT2D eigenvalue weighted by molar-refractivity contribution is 0.682. The van der Waals surface area contributed by atoms with Crippen LogP contribution < -0.4 is 0 Å². The van der Waals surface area contributed by atoms with Crippen LogP contribution in [-0.2, 0) is 12.8 Å². The van der Waals surface area contributed by atoms with Crippen molar-refractivity contribution in [3.05, 3.63) is 46.0 Å². The second-order valence-corrected chi connectivity index (χ2v) is 5.80. The third kappa shape index (κ3) is 2.51. The van der Waals surface area contributed by atoms with E-state index in [0.29, 0.717) is 0 Å². The Labute approximate surface area is 111 Å². The summed E-state index contributed by atoms with van der Waals surface area (Å²) >= 11 is 1.75. The molecule has 0 atom stereocenters. The zero-order valence-corrected chi connectivity index (χ0v) is 11.3. The van der Waals surface area contributed by atoms with Gasteiger partial charge in [0.15, 0.2) is 0 Å². The molecule has 0 N–H and O–H groups in total. The molecule has 0 aliphatic heterocycles. The minimum atomic E-state index is 0.905. The van der Waals surface area contributed by atoms with Crippen LogP contribution in [0.1, 0.15) is 34.5 Å². The zero-order chi connectivity index (χ0) is 12.4. The molecule has 2 aromatic rings. The van der Waals surface area contributed by atoms with Crippen molar-refractivity contribution in [2.24, 2.45) is 4.99 Å². The number of hydrogen-bond acceptors (Lipinski definition) is 3. The van der Waals surface area contributed by atoms with E-state index in [4.69, 9.17) is 0 Å². The van der Waals surface area contributed by atoms with Gasteiger partial charge in [0.2, 0.25) is 5.13 Å². The minimum Gasteiger partial charge on any atom is -0.227 e. The van der Waals surface area contributed by atoms with E-state index in [-0.39, 0.29) is 0 Å². The maximum atomic E-state index is 4.60. The second-order valence-electron chi connectivity index (χ2n) is 4.74. The van der Waals surface area contributed by atoms with Crippen LogP contribution in [0.4, 0.5) is 5.13 Å². The van der Waals surface area contributed by atoms with Gasteiger partial charge >= 0.3 is 0 Å². The summed E-state index contributed by atoms with van der Waals surface area (Å²) in [6.45, 7) is 2.09. The molecule has 0 fully saturated rings. The highest BCUT2D eigenvalue weighted by molar-refractivity contribution is 7.15. The molecule has 0 unspecified atom stereocenters. The van der Waals surface area contributed by atoms with Crippen LogP contribution in [0, 0.1) is 6.92 Å². The lowest BCUT2D eigenvalue weighted by atomic mass is 10.0. The van der Waals surface area contributed by atoms with Crippen LogP contribution in [0.3, 0.4) is 0 Å². The Morgan fingerprint density at radius 2 is 1.94 bits per heavy atom. The molecule has 0 amide bonds. The topological polar surface area (TPSA) is 25.2 Å². The fourth-order valence-corrected chi connectivity index (χ4v) is 3.17. The predicted octanol–water partition coefficient (Wildman–Crippen LogP) is 4.08. The number of benzene rings is 1. The maximum absolute atomic E-state index is 4.60. The third-order valence-corrected chi connectivity index (χ3v) is 4.30. The number of aromatic nitrogens is 1. The van der Waals surface area contributed by atoms with Gasteiger partial charge in [-0.2, -0.15) is 0 Å². The van der Waals surface area contributed by atoms with Crippen LogP contribution in [0.15, 0.2) is 29.3 Å². The Balaban J connectivity index is 1.79. The van der Waals surface area contributed by atoms with Crippen molar-refractivity contribution in [2.45, 2.75) is 32.6 Å². The van der Waals surface area contributed by atoms with Crippen LogP contribution in [0.5, 0.6) is 0 Å². The van der Waals surface area contributed by atoms with Gasteiger partial charge in [-0.3, -0.25) is 0 Å². The van der Waals surface area contributed by atoms with Crippen molar-refractivity contribution in [2.75, 3.05) is 0 Å². The molecule has 1 aromatic heterocycles. The summed E-state index contributed by atoms with van der Waals surface area (Å²) in [6.07, 6.45) is 6.80. The Morgan fingerprint density at radius 1 is 1.17 bits per heavy atom. The molecule has 3 heteroatoms. The quantitative estimate of drug-likeness (QED) is 0.743. The van der Waals surface area contributed by atoms with Gasteiger partial charge in [-0.05, 0) is 38.2 Å². The highest BCUT2D eigenvalue weighted by atomic mass is 32.1. The fourth-order valence-electron chi connectivity index (χ4n) is 2.18. The van der Waals surface area contributed by atoms with Crippen molar-refractivity contribution in [3.8, 4) is 0 Å². The summed E-state index contributed by atoms with van der Waals surface area (Å²) in [5.41, 5.74) is 3.69. The number of nitrogens with zero attached hydrogens (tertiary/aromatic N) is 2. The Hall–Kier alpha value is -1.48. The number of rotatable bonds is 2. The van der Waals surface area contributed by atoms with Crippen molar-refractivity contribution < 1.29 is 0 Å². The average Bonchev–Trinajstić information content (AvgIpc) is 2.81. The van der Waals surface area contributed by atoms with Gasteiger partial charge in [0.1, 0.15) is 0 Å². The van der Waals surface area contributed by atoms with Gasteiger partial charge in [-0.15, -0.1) is 0 Å². The van der Waals surface area contributed by atoms with Gasteiger partial charge in [-0.25, -0.2) is 9.98 Å². The third-order valence-electron chi connectivity index (χ3n) is 3.24. The van der Waals surface area contributed by atoms with E-state index < -0.39 is 0 Å². The molecular formula is C15H16N2S. The van der Waals surface area contributed by atoms with E-state index in [9.17, 15) is 0 Å². The summed E-state index contributed by atoms with van der Waals surface area (Å²) < 4.78 is 0. The lowest BCUT2D eigenvalue weighted by Crippen LogP contribution is -1.98. The number of hydrogen-bond donors (Lipinski definition) is 0. The Bertz CT molecular complexity index is 543. The summed E-state index contributed by atoms with van der Waals surface area (Å²) in [6, 6.07) is 8.39. The highest BCUT2D eigenvalue weighted by Crippen LogP contribution is 2.30. The largest absolute Gasteiger partial charge is 0.227 e. The summed E-state index contributed by atoms with van der Waals surface area (Å²) in [4.78, 5) is 10.5. The maximum Gasteiger partial charge on any atom is 0.209 e. The molecule has 0 saturated heterocycles. The van der Waals surface area contributed by atoms with Gasteiger partial charge in [0, 0.05) is 11.1 Å². The van der Waals surface area contributed by atoms with Crippen molar-refractivity contribution in [1.29, 1.82) is 0 Å². The number of fused-ring (bicyclic) bond motifs is 1. The summed E-state index contributed by atoms with van der Waals surface area (Å²) in [5, 5.41) is 0.905. The van der Waals surface area contributed by atoms with E-state index >= 15 is 0 Å². The first-order valence-electron chi connectivity index (χ1n) is 6.40. The molecular weight excluding hydrogens is 240 g/mol. The second kappa shape index (κ2) is 5.02. The number of aryl methyl sites for hydroxylation is 3. The van der Waals surface area contributed by atoms with Gasteiger partial charge in [0.05, 0.1) is 5.69 Å². The minimum absolute atomic E-state index is 0.905. The molecule has 18 heavy (non-hydrogen) atoms. The van der Waals surface area contributed by atoms with E-state index in [1.54, 1.807) is 11.3 Å². The molecule has 0 bridgehead atoms. The standard InChI is InChI=1S/C15H16N2S/c1-11-6-8-12(9-7-11)10-16-15-17-13-4-2-3-5-14(13)18-15/h6-10H,2-5H2,1H3. The predicted molar refractivity (Wildman–Crippen MR) is 77.2 cm³/mol. The van der Waals surface area contributed by atoms with Gasteiger partial charge < -0.3 is 0 Å². The van der Waals surface area contributed by atoms with E-state index in [2.05, 4.69) is 41.2 Å². The van der Waals surface area contributed by atoms with Crippen LogP contribution in [0.2, 0.25) is 0 Å². The van der Waals surface area contributed by atoms with Gasteiger partial charge in [-0.1, -0.05) is 41.2 Å². The molecule has 1 aliphatic rings. The molecule has 2 nitrogen and oxygen atoms in total. The molecule has 3 rings (SSSR count). The summed E-state index contributed by atoms with van der Waals surface area (Å²) in [5.74, 6) is 0. The smallest absolute Gasteiger partial charge is 0.209 e. The van der Waals surface area contributed by atoms with E-state index in [1.165, 1.54) is 35.4 Å². The molecule has 1 aromatic carbocycles. The molecule has 0 spiro atoms. The summed E-state index contributed by atoms with van der Waals surface area (Å²) in [7, 11) is 0. The first-order valence-corrected chi connectivity index (χ1v) is 7.22. The van der Waals surface area contributed by atoms with E-state index in [1.807, 2.05) is 6.21 Å². The average molecular weight is 256 g/mol. The fraction of sp³-hybridized carbons (Fsp3) is 0.333. The van der Waals surface area contributed by atoms with Crippen LogP contribution >= 0.6 is 11.3 Å². The number of thiazole rings is 1. The van der Waals surface area contributed by atoms with Crippen LogP contribution in [-0.4, -0.2) is 11.2 Å². The molecule has 0 saturated carbocycles. The molecule has 1 heterocycles. The SMILES string of the molecule is Cc1ccc(C=Nc2nc3c(s2)CCCC3)cc1. The van der Waals surface area contributed by atoms with Crippen molar-refractivity contribution >= 4 is 22.7 Å². The first-order chi connectivity index (χ1) is 8.81. The van der Waals surface area contributed by atoms with Crippen LogP contribution in [0.25, 0.3) is 0 Å². The molecule has 0 radical (unpaired) electrons. The molecule has 1 aliphatic carbocycles. The zero-order valence-electron chi connectivity index (χ0n) is 10.5. The number of aliphatic imine (C=N–C) groups is 1. The van der Waals surface area contributed by atoms with Gasteiger partial charge in [0.25, 0.3) is 0 Å². The Kier molecular flexibility index (Phi) is 3.24. The van der Waals surface area contributed by atoms with Crippen molar-refractivity contribution in [3.63, 3.8) is 0 Å². The highest BCUT2D eigenvalue weighted by Gasteiger charge is 2.14. The lowest BCUT2D eigenvalue weighted by Gasteiger charge is -2.06. The Morgan fingerprint density at radius 3 is 2.72 bits per heavy atom. The van der Waals surface area contributed by atoms with E-state index in [0.717, 1.165) is 17.1 Å². The monoisotopic (exact) mass is 256 g/mol.